The van der Waals surface area contributed by atoms with Crippen molar-refractivity contribution in [3.63, 3.8) is 0 Å². The number of thiophene rings is 1. The van der Waals surface area contributed by atoms with Crippen LogP contribution in [-0.2, 0) is 10.0 Å². The second-order valence-electron chi connectivity index (χ2n) is 7.06. The van der Waals surface area contributed by atoms with Crippen molar-refractivity contribution < 1.29 is 8.42 Å². The minimum atomic E-state index is -3.55. The molecule has 0 radical (unpaired) electrons. The highest BCUT2D eigenvalue weighted by atomic mass is 32.2. The van der Waals surface area contributed by atoms with E-state index in [2.05, 4.69) is 26.4 Å². The molecule has 0 aliphatic carbocycles. The van der Waals surface area contributed by atoms with Crippen LogP contribution >= 0.6 is 11.3 Å². The van der Waals surface area contributed by atoms with Gasteiger partial charge in [0.2, 0.25) is 10.0 Å². The van der Waals surface area contributed by atoms with Crippen LogP contribution in [-0.4, -0.2) is 33.0 Å². The monoisotopic (exact) mass is 412 g/mol. The fourth-order valence-electron chi connectivity index (χ4n) is 3.70. The quantitative estimate of drug-likeness (QED) is 0.620. The smallest absolute Gasteiger partial charge is 0.240 e. The molecule has 0 spiro atoms. The minimum absolute atomic E-state index is 0.0899. The van der Waals surface area contributed by atoms with Gasteiger partial charge in [-0.3, -0.25) is 4.90 Å². The van der Waals surface area contributed by atoms with E-state index in [1.54, 1.807) is 23.5 Å². The molecule has 1 aliphatic heterocycles. The highest BCUT2D eigenvalue weighted by Gasteiger charge is 2.26. The molecule has 1 N–H and O–H groups in total. The molecule has 1 aliphatic rings. The van der Waals surface area contributed by atoms with Gasteiger partial charge in [0.05, 0.1) is 4.90 Å². The zero-order chi connectivity index (χ0) is 19.4. The number of benzene rings is 2. The number of nitrogens with one attached hydrogen (secondary N) is 1. The molecule has 1 fully saturated rings. The van der Waals surface area contributed by atoms with Crippen LogP contribution < -0.4 is 4.72 Å². The van der Waals surface area contributed by atoms with E-state index >= 15 is 0 Å². The fraction of sp³-hybridized carbons (Fsp3) is 0.273. The van der Waals surface area contributed by atoms with Crippen molar-refractivity contribution >= 4 is 21.4 Å². The summed E-state index contributed by atoms with van der Waals surface area (Å²) in [6, 6.07) is 19.2. The average molecular weight is 413 g/mol. The maximum absolute atomic E-state index is 12.8. The highest BCUT2D eigenvalue weighted by molar-refractivity contribution is 7.89. The molecule has 2 heterocycles. The Balaban J connectivity index is 1.48. The normalized spacial score (nSPS) is 16.3. The number of nitrogens with zero attached hydrogens (tertiary/aromatic N) is 1. The largest absolute Gasteiger partial charge is 0.295 e. The molecule has 0 saturated carbocycles. The van der Waals surface area contributed by atoms with E-state index in [1.807, 2.05) is 42.5 Å². The van der Waals surface area contributed by atoms with E-state index in [0.29, 0.717) is 11.4 Å². The number of hydrogen-bond donors (Lipinski definition) is 1. The third-order valence-electron chi connectivity index (χ3n) is 5.25. The van der Waals surface area contributed by atoms with Gasteiger partial charge in [0.15, 0.2) is 0 Å². The van der Waals surface area contributed by atoms with Gasteiger partial charge in [0.25, 0.3) is 0 Å². The van der Waals surface area contributed by atoms with E-state index in [1.165, 1.54) is 18.4 Å². The SMILES string of the molecule is O=S(=O)(NC[C@@H](c1ccsc1)N1CCCC1)c1ccc(-c2ccccc2)cc1. The number of rotatable bonds is 7. The summed E-state index contributed by atoms with van der Waals surface area (Å²) in [7, 11) is -3.55. The Kier molecular flexibility index (Phi) is 5.92. The van der Waals surface area contributed by atoms with Crippen molar-refractivity contribution in [1.82, 2.24) is 9.62 Å². The minimum Gasteiger partial charge on any atom is -0.295 e. The van der Waals surface area contributed by atoms with Crippen molar-refractivity contribution in [2.75, 3.05) is 19.6 Å². The second kappa shape index (κ2) is 8.57. The molecular weight excluding hydrogens is 388 g/mol. The molecule has 3 aromatic rings. The number of sulfonamides is 1. The molecule has 1 aromatic heterocycles. The van der Waals surface area contributed by atoms with Crippen molar-refractivity contribution in [1.29, 1.82) is 0 Å². The van der Waals surface area contributed by atoms with E-state index in [0.717, 1.165) is 24.2 Å². The predicted molar refractivity (Wildman–Crippen MR) is 115 cm³/mol. The van der Waals surface area contributed by atoms with Gasteiger partial charge >= 0.3 is 0 Å². The first kappa shape index (κ1) is 19.3. The lowest BCUT2D eigenvalue weighted by Crippen LogP contribution is -2.36. The van der Waals surface area contributed by atoms with Gasteiger partial charge in [-0.1, -0.05) is 42.5 Å². The van der Waals surface area contributed by atoms with Gasteiger partial charge in [-0.2, -0.15) is 11.3 Å². The molecule has 1 atom stereocenters. The molecule has 2 aromatic carbocycles. The molecule has 1 saturated heterocycles. The maximum Gasteiger partial charge on any atom is 0.240 e. The van der Waals surface area contributed by atoms with Gasteiger partial charge in [0.1, 0.15) is 0 Å². The summed E-state index contributed by atoms with van der Waals surface area (Å²) in [5.41, 5.74) is 3.27. The van der Waals surface area contributed by atoms with E-state index in [-0.39, 0.29) is 6.04 Å². The Morgan fingerprint density at radius 1 is 0.929 bits per heavy atom. The average Bonchev–Trinajstić information content (AvgIpc) is 3.44. The van der Waals surface area contributed by atoms with Gasteiger partial charge in [0, 0.05) is 12.6 Å². The lowest BCUT2D eigenvalue weighted by atomic mass is 10.1. The van der Waals surface area contributed by atoms with Crippen molar-refractivity contribution in [3.05, 3.63) is 77.0 Å². The predicted octanol–water partition coefficient (Wildman–Crippen LogP) is 4.53. The summed E-state index contributed by atoms with van der Waals surface area (Å²) in [4.78, 5) is 2.68. The Labute approximate surface area is 170 Å². The molecule has 0 unspecified atom stereocenters. The molecule has 6 heteroatoms. The van der Waals surface area contributed by atoms with Gasteiger partial charge < -0.3 is 0 Å². The van der Waals surface area contributed by atoms with Crippen LogP contribution in [0.4, 0.5) is 0 Å². The number of likely N-dealkylation sites (tertiary alicyclic amines) is 1. The van der Waals surface area contributed by atoms with Gasteiger partial charge in [-0.15, -0.1) is 0 Å². The van der Waals surface area contributed by atoms with Crippen LogP contribution in [0.15, 0.2) is 76.3 Å². The summed E-state index contributed by atoms with van der Waals surface area (Å²) in [5, 5.41) is 4.17. The van der Waals surface area contributed by atoms with Crippen LogP contribution in [0, 0.1) is 0 Å². The van der Waals surface area contributed by atoms with Crippen molar-refractivity contribution in [3.8, 4) is 11.1 Å². The summed E-state index contributed by atoms with van der Waals surface area (Å²) >= 11 is 1.65. The van der Waals surface area contributed by atoms with Crippen LogP contribution in [0.1, 0.15) is 24.4 Å². The van der Waals surface area contributed by atoms with Crippen LogP contribution in [0.25, 0.3) is 11.1 Å². The second-order valence-corrected chi connectivity index (χ2v) is 9.60. The third kappa shape index (κ3) is 4.36. The Morgan fingerprint density at radius 3 is 2.25 bits per heavy atom. The standard InChI is InChI=1S/C22H24N2O2S2/c25-28(26,21-10-8-19(9-11-21)18-6-2-1-3-7-18)23-16-22(20-12-15-27-17-20)24-13-4-5-14-24/h1-3,6-12,15,17,22-23H,4-5,13-14,16H2/t22-/m0/s1. The highest BCUT2D eigenvalue weighted by Crippen LogP contribution is 2.27. The lowest BCUT2D eigenvalue weighted by molar-refractivity contribution is 0.247. The molecule has 4 rings (SSSR count). The molecule has 0 bridgehead atoms. The summed E-state index contributed by atoms with van der Waals surface area (Å²) < 4.78 is 28.5. The van der Waals surface area contributed by atoms with Gasteiger partial charge in [-0.25, -0.2) is 13.1 Å². The summed E-state index contributed by atoms with van der Waals surface area (Å²) in [6.45, 7) is 2.43. The molecule has 146 valence electrons. The van der Waals surface area contributed by atoms with E-state index < -0.39 is 10.0 Å². The van der Waals surface area contributed by atoms with E-state index in [4.69, 9.17) is 0 Å². The lowest BCUT2D eigenvalue weighted by Gasteiger charge is -2.27. The summed E-state index contributed by atoms with van der Waals surface area (Å²) in [5.74, 6) is 0. The molecule has 28 heavy (non-hydrogen) atoms. The third-order valence-corrected chi connectivity index (χ3v) is 7.39. The summed E-state index contributed by atoms with van der Waals surface area (Å²) in [6.07, 6.45) is 2.35. The fourth-order valence-corrected chi connectivity index (χ4v) is 5.45. The topological polar surface area (TPSA) is 49.4 Å². The van der Waals surface area contributed by atoms with Crippen molar-refractivity contribution in [2.45, 2.75) is 23.8 Å². The maximum atomic E-state index is 12.8. The zero-order valence-electron chi connectivity index (χ0n) is 15.6. The molecular formula is C22H24N2O2S2. The Bertz CT molecular complexity index is 979. The van der Waals surface area contributed by atoms with Crippen LogP contribution in [0.5, 0.6) is 0 Å². The number of hydrogen-bond acceptors (Lipinski definition) is 4. The zero-order valence-corrected chi connectivity index (χ0v) is 17.3. The Hall–Kier alpha value is -1.99. The van der Waals surface area contributed by atoms with Crippen LogP contribution in [0.2, 0.25) is 0 Å². The van der Waals surface area contributed by atoms with Crippen molar-refractivity contribution in [2.24, 2.45) is 0 Å². The first-order chi connectivity index (χ1) is 13.6. The first-order valence-corrected chi connectivity index (χ1v) is 12.0. The molecule has 0 amide bonds. The van der Waals surface area contributed by atoms with Gasteiger partial charge in [-0.05, 0) is 71.6 Å². The van der Waals surface area contributed by atoms with E-state index in [9.17, 15) is 8.42 Å². The first-order valence-electron chi connectivity index (χ1n) is 9.55. The Morgan fingerprint density at radius 2 is 1.61 bits per heavy atom. The molecule has 4 nitrogen and oxygen atoms in total. The van der Waals surface area contributed by atoms with Crippen LogP contribution in [0.3, 0.4) is 0 Å².